The van der Waals surface area contributed by atoms with E-state index in [1.807, 2.05) is 14.1 Å². The van der Waals surface area contributed by atoms with Crippen molar-refractivity contribution in [1.82, 2.24) is 9.88 Å². The molecule has 0 fully saturated rings. The van der Waals surface area contributed by atoms with Crippen molar-refractivity contribution < 1.29 is 4.74 Å². The fourth-order valence-corrected chi connectivity index (χ4v) is 3.05. The van der Waals surface area contributed by atoms with Gasteiger partial charge in [0, 0.05) is 29.9 Å². The van der Waals surface area contributed by atoms with E-state index in [9.17, 15) is 0 Å². The van der Waals surface area contributed by atoms with Gasteiger partial charge < -0.3 is 9.64 Å². The lowest BCUT2D eigenvalue weighted by atomic mass is 10.5. The van der Waals surface area contributed by atoms with E-state index in [2.05, 4.69) is 15.3 Å². The van der Waals surface area contributed by atoms with E-state index < -0.39 is 0 Å². The highest BCUT2D eigenvalue weighted by molar-refractivity contribution is 7.98. The van der Waals surface area contributed by atoms with Crippen LogP contribution in [0.5, 0.6) is 0 Å². The Labute approximate surface area is 111 Å². The Morgan fingerprint density at radius 1 is 1.59 bits per heavy atom. The molecule has 0 aliphatic carbocycles. The third-order valence-electron chi connectivity index (χ3n) is 2.02. The summed E-state index contributed by atoms with van der Waals surface area (Å²) in [6.07, 6.45) is 0.690. The highest BCUT2D eigenvalue weighted by atomic mass is 32.2. The van der Waals surface area contributed by atoms with Gasteiger partial charge in [-0.15, -0.1) is 11.3 Å². The fraction of sp³-hybridized carbons (Fsp3) is 0.636. The monoisotopic (exact) mass is 273 g/mol. The molecule has 1 N–H and O–H groups in total. The quantitative estimate of drug-likeness (QED) is 0.471. The molecule has 0 unspecified atom stereocenters. The van der Waals surface area contributed by atoms with Gasteiger partial charge in [0.05, 0.1) is 12.8 Å². The summed E-state index contributed by atoms with van der Waals surface area (Å²) in [5.41, 5.74) is 1.14. The van der Waals surface area contributed by atoms with Crippen molar-refractivity contribution in [2.75, 3.05) is 27.0 Å². The maximum atomic E-state index is 7.35. The summed E-state index contributed by atoms with van der Waals surface area (Å²) in [7, 11) is 5.64. The first-order valence-electron chi connectivity index (χ1n) is 5.39. The van der Waals surface area contributed by atoms with Crippen molar-refractivity contribution in [1.29, 1.82) is 5.41 Å². The zero-order valence-electron chi connectivity index (χ0n) is 10.5. The minimum Gasteiger partial charge on any atom is -0.484 e. The van der Waals surface area contributed by atoms with Crippen molar-refractivity contribution in [2.45, 2.75) is 18.7 Å². The van der Waals surface area contributed by atoms with Gasteiger partial charge >= 0.3 is 0 Å². The van der Waals surface area contributed by atoms with Crippen LogP contribution in [0.2, 0.25) is 0 Å². The van der Waals surface area contributed by atoms with E-state index >= 15 is 0 Å². The molecule has 0 amide bonds. The topological polar surface area (TPSA) is 49.2 Å². The van der Waals surface area contributed by atoms with Crippen LogP contribution in [0.1, 0.15) is 17.1 Å². The average Bonchev–Trinajstić information content (AvgIpc) is 2.70. The first-order valence-corrected chi connectivity index (χ1v) is 7.42. The molecule has 96 valence electrons. The van der Waals surface area contributed by atoms with Crippen molar-refractivity contribution in [3.63, 3.8) is 0 Å². The van der Waals surface area contributed by atoms with Gasteiger partial charge in [0.1, 0.15) is 5.01 Å². The van der Waals surface area contributed by atoms with Crippen LogP contribution in [-0.2, 0) is 17.0 Å². The van der Waals surface area contributed by atoms with Gasteiger partial charge in [-0.3, -0.25) is 5.41 Å². The van der Waals surface area contributed by atoms with Crippen LogP contribution in [-0.4, -0.2) is 42.7 Å². The second-order valence-corrected chi connectivity index (χ2v) is 5.95. The zero-order chi connectivity index (χ0) is 12.7. The Kier molecular flexibility index (Phi) is 6.54. The molecular weight excluding hydrogens is 254 g/mol. The molecule has 0 atom stereocenters. The number of hydrogen-bond acceptors (Lipinski definition) is 6. The van der Waals surface area contributed by atoms with Crippen molar-refractivity contribution >= 4 is 29.0 Å². The smallest absolute Gasteiger partial charge is 0.180 e. The van der Waals surface area contributed by atoms with Crippen LogP contribution in [0.25, 0.3) is 0 Å². The van der Waals surface area contributed by atoms with Crippen LogP contribution >= 0.6 is 23.1 Å². The molecule has 0 bridgehead atoms. The summed E-state index contributed by atoms with van der Waals surface area (Å²) in [6, 6.07) is 0. The predicted molar refractivity (Wildman–Crippen MR) is 75.0 cm³/mol. The molecule has 0 aromatic carbocycles. The maximum Gasteiger partial charge on any atom is 0.180 e. The number of thioether (sulfide) groups is 1. The molecule has 1 aromatic rings. The Hall–Kier alpha value is -0.590. The maximum absolute atomic E-state index is 7.35. The minimum absolute atomic E-state index is 0.351. The number of aromatic nitrogens is 1. The Morgan fingerprint density at radius 3 is 3.00 bits per heavy atom. The van der Waals surface area contributed by atoms with E-state index in [0.29, 0.717) is 12.3 Å². The summed E-state index contributed by atoms with van der Waals surface area (Å²) in [5, 5.41) is 10.6. The van der Waals surface area contributed by atoms with Gasteiger partial charge in [0.25, 0.3) is 0 Å². The van der Waals surface area contributed by atoms with Crippen LogP contribution < -0.4 is 0 Å². The Morgan fingerprint density at radius 2 is 2.35 bits per heavy atom. The number of methoxy groups -OCH3 is 1. The minimum atomic E-state index is 0.351. The Bertz CT molecular complexity index is 352. The van der Waals surface area contributed by atoms with Gasteiger partial charge in [-0.25, -0.2) is 4.98 Å². The summed E-state index contributed by atoms with van der Waals surface area (Å²) >= 11 is 3.51. The van der Waals surface area contributed by atoms with Gasteiger partial charge in [-0.1, -0.05) is 0 Å². The van der Waals surface area contributed by atoms with Gasteiger partial charge in [0.2, 0.25) is 0 Å². The highest BCUT2D eigenvalue weighted by Crippen LogP contribution is 2.17. The number of nitrogens with zero attached hydrogens (tertiary/aromatic N) is 2. The predicted octanol–water partition coefficient (Wildman–Crippen LogP) is 2.45. The summed E-state index contributed by atoms with van der Waals surface area (Å²) in [6.45, 7) is 0.906. The van der Waals surface area contributed by atoms with Gasteiger partial charge in [0.15, 0.2) is 5.90 Å². The van der Waals surface area contributed by atoms with Crippen LogP contribution in [0.3, 0.4) is 0 Å². The number of rotatable bonds is 7. The lowest BCUT2D eigenvalue weighted by Gasteiger charge is -2.05. The molecule has 0 saturated carbocycles. The Balaban J connectivity index is 2.23. The lowest BCUT2D eigenvalue weighted by molar-refractivity contribution is 0.389. The summed E-state index contributed by atoms with van der Waals surface area (Å²) in [4.78, 5) is 6.68. The lowest BCUT2D eigenvalue weighted by Crippen LogP contribution is -2.10. The number of ether oxygens (including phenoxy) is 1. The van der Waals surface area contributed by atoms with Crippen LogP contribution in [0, 0.1) is 5.41 Å². The molecule has 6 heteroatoms. The highest BCUT2D eigenvalue weighted by Gasteiger charge is 2.03. The molecule has 1 aromatic heterocycles. The number of nitrogens with one attached hydrogen (secondary N) is 1. The second-order valence-electron chi connectivity index (χ2n) is 3.90. The molecule has 17 heavy (non-hydrogen) atoms. The second kappa shape index (κ2) is 7.68. The van der Waals surface area contributed by atoms with Crippen molar-refractivity contribution in [3.8, 4) is 0 Å². The largest absolute Gasteiger partial charge is 0.484 e. The van der Waals surface area contributed by atoms with E-state index in [-0.39, 0.29) is 0 Å². The molecule has 0 aliphatic heterocycles. The zero-order valence-corrected chi connectivity index (χ0v) is 12.2. The van der Waals surface area contributed by atoms with Crippen molar-refractivity contribution in [3.05, 3.63) is 16.1 Å². The summed E-state index contributed by atoms with van der Waals surface area (Å²) in [5.74, 6) is 2.18. The molecule has 4 nitrogen and oxygen atoms in total. The fourth-order valence-electron chi connectivity index (χ4n) is 1.20. The normalized spacial score (nSPS) is 10.8. The van der Waals surface area contributed by atoms with E-state index in [4.69, 9.17) is 10.1 Å². The molecule has 0 spiro atoms. The molecular formula is C11H19N3OS2. The SMILES string of the molecule is COC(=N)CCSCc1csc(CN(C)C)n1. The van der Waals surface area contributed by atoms with Crippen LogP contribution in [0.15, 0.2) is 5.38 Å². The molecule has 1 heterocycles. The van der Waals surface area contributed by atoms with Crippen LogP contribution in [0.4, 0.5) is 0 Å². The molecule has 0 saturated heterocycles. The molecule has 0 radical (unpaired) electrons. The van der Waals surface area contributed by atoms with E-state index in [1.54, 1.807) is 30.2 Å². The van der Waals surface area contributed by atoms with Gasteiger partial charge in [-0.05, 0) is 14.1 Å². The third-order valence-corrected chi connectivity index (χ3v) is 3.90. The first-order chi connectivity index (χ1) is 8.11. The number of hydrogen-bond donors (Lipinski definition) is 1. The average molecular weight is 273 g/mol. The third kappa shape index (κ3) is 6.05. The first kappa shape index (κ1) is 14.5. The van der Waals surface area contributed by atoms with E-state index in [0.717, 1.165) is 28.8 Å². The summed E-state index contributed by atoms with van der Waals surface area (Å²) < 4.78 is 4.80. The molecule has 1 rings (SSSR count). The standard InChI is InChI=1S/C11H19N3OS2/c1-14(2)6-11-13-9(8-17-11)7-16-5-4-10(12)15-3/h8,12H,4-7H2,1-3H3. The van der Waals surface area contributed by atoms with Gasteiger partial charge in [-0.2, -0.15) is 11.8 Å². The molecule has 0 aliphatic rings. The van der Waals surface area contributed by atoms with E-state index in [1.165, 1.54) is 0 Å². The van der Waals surface area contributed by atoms with Crippen molar-refractivity contribution in [2.24, 2.45) is 0 Å². The number of thiazole rings is 1.